The van der Waals surface area contributed by atoms with Crippen molar-refractivity contribution in [1.82, 2.24) is 10.3 Å². The van der Waals surface area contributed by atoms with E-state index in [4.69, 9.17) is 0 Å². The van der Waals surface area contributed by atoms with Gasteiger partial charge in [0.1, 0.15) is 5.82 Å². The molecule has 2 aromatic carbocycles. The average Bonchev–Trinajstić information content (AvgIpc) is 2.96. The predicted molar refractivity (Wildman–Crippen MR) is 88.3 cm³/mol. The lowest BCUT2D eigenvalue weighted by Gasteiger charge is -2.00. The van der Waals surface area contributed by atoms with Crippen LogP contribution in [0.25, 0.3) is 10.9 Å². The van der Waals surface area contributed by atoms with E-state index in [1.807, 2.05) is 30.5 Å². The van der Waals surface area contributed by atoms with Crippen molar-refractivity contribution in [2.24, 2.45) is 0 Å². The highest BCUT2D eigenvalue weighted by atomic mass is 19.1. The van der Waals surface area contributed by atoms with Crippen molar-refractivity contribution >= 4 is 16.8 Å². The maximum atomic E-state index is 12.8. The number of H-pyrrole nitrogens is 1. The molecule has 1 heterocycles. The molecule has 0 saturated carbocycles. The lowest BCUT2D eigenvalue weighted by molar-refractivity contribution is -0.120. The Morgan fingerprint density at radius 1 is 1.13 bits per heavy atom. The van der Waals surface area contributed by atoms with Crippen LogP contribution in [0.3, 0.4) is 0 Å². The summed E-state index contributed by atoms with van der Waals surface area (Å²) in [6.07, 6.45) is 2.16. The SMILES string of the molecule is O=C(Cc1c[nH]c2ccccc12)NCC#Cc1ccc(F)cc1. The summed E-state index contributed by atoms with van der Waals surface area (Å²) in [5.74, 6) is 5.37. The Balaban J connectivity index is 1.55. The summed E-state index contributed by atoms with van der Waals surface area (Å²) in [6.45, 7) is 0.262. The molecule has 0 unspecified atom stereocenters. The molecule has 0 fully saturated rings. The molecule has 3 nitrogen and oxygen atoms in total. The molecule has 2 N–H and O–H groups in total. The quantitative estimate of drug-likeness (QED) is 0.718. The molecule has 0 aliphatic rings. The van der Waals surface area contributed by atoms with E-state index >= 15 is 0 Å². The molecular formula is C19H15FN2O. The molecule has 23 heavy (non-hydrogen) atoms. The van der Waals surface area contributed by atoms with Crippen LogP contribution in [0.1, 0.15) is 11.1 Å². The van der Waals surface area contributed by atoms with Gasteiger partial charge in [0.25, 0.3) is 0 Å². The summed E-state index contributed by atoms with van der Waals surface area (Å²) in [5, 5.41) is 3.82. The van der Waals surface area contributed by atoms with E-state index in [9.17, 15) is 9.18 Å². The van der Waals surface area contributed by atoms with Crippen LogP contribution in [0.5, 0.6) is 0 Å². The fraction of sp³-hybridized carbons (Fsp3) is 0.105. The van der Waals surface area contributed by atoms with Crippen LogP contribution in [-0.4, -0.2) is 17.4 Å². The van der Waals surface area contributed by atoms with Crippen LogP contribution in [0.2, 0.25) is 0 Å². The van der Waals surface area contributed by atoms with Gasteiger partial charge in [-0.3, -0.25) is 4.79 Å². The molecule has 114 valence electrons. The largest absolute Gasteiger partial charge is 0.361 e. The van der Waals surface area contributed by atoms with E-state index in [0.29, 0.717) is 6.42 Å². The van der Waals surface area contributed by atoms with Gasteiger partial charge in [0.2, 0.25) is 5.91 Å². The van der Waals surface area contributed by atoms with Crippen molar-refractivity contribution in [2.45, 2.75) is 6.42 Å². The number of benzene rings is 2. The molecule has 4 heteroatoms. The van der Waals surface area contributed by atoms with Crippen LogP contribution in [-0.2, 0) is 11.2 Å². The molecule has 0 aliphatic carbocycles. The molecule has 3 rings (SSSR count). The van der Waals surface area contributed by atoms with E-state index in [2.05, 4.69) is 22.1 Å². The Kier molecular flexibility index (Phi) is 4.39. The number of amides is 1. The normalized spacial score (nSPS) is 10.1. The number of halogens is 1. The molecule has 0 saturated heterocycles. The van der Waals surface area contributed by atoms with Gasteiger partial charge in [-0.1, -0.05) is 30.0 Å². The van der Waals surface area contributed by atoms with Gasteiger partial charge in [-0.05, 0) is 35.9 Å². The second kappa shape index (κ2) is 6.80. The van der Waals surface area contributed by atoms with Crippen LogP contribution in [0, 0.1) is 17.7 Å². The van der Waals surface area contributed by atoms with E-state index in [1.54, 1.807) is 12.1 Å². The summed E-state index contributed by atoms with van der Waals surface area (Å²) in [7, 11) is 0. The Labute approximate surface area is 133 Å². The Bertz CT molecular complexity index is 885. The van der Waals surface area contributed by atoms with Gasteiger partial charge in [0, 0.05) is 22.7 Å². The predicted octanol–water partition coefficient (Wildman–Crippen LogP) is 3.02. The average molecular weight is 306 g/mol. The van der Waals surface area contributed by atoms with Crippen molar-refractivity contribution in [3.8, 4) is 11.8 Å². The van der Waals surface area contributed by atoms with E-state index in [-0.39, 0.29) is 18.3 Å². The van der Waals surface area contributed by atoms with Crippen molar-refractivity contribution in [1.29, 1.82) is 0 Å². The first kappa shape index (κ1) is 14.9. The number of carbonyl (C=O) groups is 1. The molecule has 1 aromatic heterocycles. The van der Waals surface area contributed by atoms with Gasteiger partial charge >= 0.3 is 0 Å². The van der Waals surface area contributed by atoms with E-state index in [1.165, 1.54) is 12.1 Å². The van der Waals surface area contributed by atoms with E-state index in [0.717, 1.165) is 22.0 Å². The third-order valence-electron chi connectivity index (χ3n) is 3.48. The summed E-state index contributed by atoms with van der Waals surface area (Å²) in [4.78, 5) is 15.1. The van der Waals surface area contributed by atoms with Crippen molar-refractivity contribution in [2.75, 3.05) is 6.54 Å². The number of aromatic amines is 1. The molecule has 0 radical (unpaired) electrons. The van der Waals surface area contributed by atoms with Gasteiger partial charge in [0.15, 0.2) is 0 Å². The number of carbonyl (C=O) groups excluding carboxylic acids is 1. The Hall–Kier alpha value is -3.06. The first-order chi connectivity index (χ1) is 11.2. The first-order valence-corrected chi connectivity index (χ1v) is 7.28. The molecular weight excluding hydrogens is 291 g/mol. The minimum absolute atomic E-state index is 0.0804. The Morgan fingerprint density at radius 2 is 1.91 bits per heavy atom. The first-order valence-electron chi connectivity index (χ1n) is 7.28. The zero-order valence-electron chi connectivity index (χ0n) is 12.4. The van der Waals surface area contributed by atoms with Crippen LogP contribution in [0.4, 0.5) is 4.39 Å². The Morgan fingerprint density at radius 3 is 2.74 bits per heavy atom. The van der Waals surface area contributed by atoms with Gasteiger partial charge in [0.05, 0.1) is 13.0 Å². The van der Waals surface area contributed by atoms with Crippen molar-refractivity contribution in [3.05, 3.63) is 71.7 Å². The number of hydrogen-bond donors (Lipinski definition) is 2. The van der Waals surface area contributed by atoms with E-state index < -0.39 is 0 Å². The molecule has 0 aliphatic heterocycles. The summed E-state index contributed by atoms with van der Waals surface area (Å²) < 4.78 is 12.8. The van der Waals surface area contributed by atoms with Crippen molar-refractivity contribution < 1.29 is 9.18 Å². The van der Waals surface area contributed by atoms with Crippen LogP contribution in [0.15, 0.2) is 54.7 Å². The van der Waals surface area contributed by atoms with Crippen LogP contribution < -0.4 is 5.32 Å². The zero-order chi connectivity index (χ0) is 16.1. The number of rotatable bonds is 3. The van der Waals surface area contributed by atoms with Crippen molar-refractivity contribution in [3.63, 3.8) is 0 Å². The van der Waals surface area contributed by atoms with Gasteiger partial charge in [-0.25, -0.2) is 4.39 Å². The van der Waals surface area contributed by atoms with Gasteiger partial charge in [-0.2, -0.15) is 0 Å². The van der Waals surface area contributed by atoms with Gasteiger partial charge < -0.3 is 10.3 Å². The fourth-order valence-corrected chi connectivity index (χ4v) is 2.34. The lowest BCUT2D eigenvalue weighted by atomic mass is 10.1. The van der Waals surface area contributed by atoms with Gasteiger partial charge in [-0.15, -0.1) is 0 Å². The minimum Gasteiger partial charge on any atom is -0.361 e. The number of hydrogen-bond acceptors (Lipinski definition) is 1. The lowest BCUT2D eigenvalue weighted by Crippen LogP contribution is -2.25. The highest BCUT2D eigenvalue weighted by Crippen LogP contribution is 2.17. The second-order valence-corrected chi connectivity index (χ2v) is 5.12. The second-order valence-electron chi connectivity index (χ2n) is 5.12. The van der Waals surface area contributed by atoms with Crippen LogP contribution >= 0.6 is 0 Å². The maximum Gasteiger partial charge on any atom is 0.225 e. The number of para-hydroxylation sites is 1. The topological polar surface area (TPSA) is 44.9 Å². The summed E-state index contributed by atoms with van der Waals surface area (Å²) >= 11 is 0. The molecule has 0 bridgehead atoms. The molecule has 0 spiro atoms. The number of nitrogens with one attached hydrogen (secondary N) is 2. The number of aromatic nitrogens is 1. The summed E-state index contributed by atoms with van der Waals surface area (Å²) in [6, 6.07) is 13.8. The monoisotopic (exact) mass is 306 g/mol. The molecule has 1 amide bonds. The highest BCUT2D eigenvalue weighted by molar-refractivity contribution is 5.88. The molecule has 3 aromatic rings. The zero-order valence-corrected chi connectivity index (χ0v) is 12.4. The smallest absolute Gasteiger partial charge is 0.225 e. The fourth-order valence-electron chi connectivity index (χ4n) is 2.34. The third-order valence-corrected chi connectivity index (χ3v) is 3.48. The number of fused-ring (bicyclic) bond motifs is 1. The molecule has 0 atom stereocenters. The third kappa shape index (κ3) is 3.78. The minimum atomic E-state index is -0.289. The standard InChI is InChI=1S/C19H15FN2O/c20-16-9-7-14(8-10-16)4-3-11-21-19(23)12-15-13-22-18-6-2-1-5-17(15)18/h1-2,5-10,13,22H,11-12H2,(H,21,23). The maximum absolute atomic E-state index is 12.8. The summed E-state index contributed by atoms with van der Waals surface area (Å²) in [5.41, 5.74) is 2.70. The highest BCUT2D eigenvalue weighted by Gasteiger charge is 2.07.